The number of para-hydroxylation sites is 1. The van der Waals surface area contributed by atoms with Crippen molar-refractivity contribution in [1.82, 2.24) is 9.80 Å². The van der Waals surface area contributed by atoms with Crippen LogP contribution in [0.2, 0.25) is 5.02 Å². The molecule has 3 aromatic rings. The van der Waals surface area contributed by atoms with Gasteiger partial charge in [-0.2, -0.15) is 0 Å². The zero-order chi connectivity index (χ0) is 29.7. The zero-order valence-corrected chi connectivity index (χ0v) is 25.2. The number of hydrogen-bond donors (Lipinski definition) is 2. The summed E-state index contributed by atoms with van der Waals surface area (Å²) in [4.78, 5) is 17.5. The molecule has 0 aliphatic carbocycles. The monoisotopic (exact) mass is 601 g/mol. The van der Waals surface area contributed by atoms with E-state index in [-0.39, 0.29) is 40.3 Å². The van der Waals surface area contributed by atoms with Crippen LogP contribution in [-0.4, -0.2) is 75.2 Å². The van der Waals surface area contributed by atoms with E-state index in [9.17, 15) is 18.3 Å². The van der Waals surface area contributed by atoms with E-state index < -0.39 is 22.2 Å². The summed E-state index contributed by atoms with van der Waals surface area (Å²) in [7, 11) is -0.404. The van der Waals surface area contributed by atoms with Crippen LogP contribution in [0.1, 0.15) is 29.8 Å². The summed E-state index contributed by atoms with van der Waals surface area (Å²) >= 11 is 5.95. The maximum atomic E-state index is 13.7. The van der Waals surface area contributed by atoms with Crippen molar-refractivity contribution in [2.75, 3.05) is 38.6 Å². The van der Waals surface area contributed by atoms with Crippen molar-refractivity contribution in [2.24, 2.45) is 5.92 Å². The number of carbonyl (C=O) groups is 1. The predicted molar refractivity (Wildman–Crippen MR) is 159 cm³/mol. The second-order valence-corrected chi connectivity index (χ2v) is 12.5. The molecule has 220 valence electrons. The molecular formula is C30H36ClN3O6S. The smallest absolute Gasteiger partial charge is 0.262 e. The molecule has 2 N–H and O–H groups in total. The number of likely N-dealkylation sites (N-methyl/N-ethyl adjacent to an activating group) is 1. The number of nitrogens with zero attached hydrogens (tertiary/aromatic N) is 2. The molecule has 4 rings (SSSR count). The van der Waals surface area contributed by atoms with E-state index in [0.717, 1.165) is 11.3 Å². The van der Waals surface area contributed by atoms with Crippen LogP contribution in [0.5, 0.6) is 11.5 Å². The van der Waals surface area contributed by atoms with Crippen molar-refractivity contribution < 1.29 is 27.8 Å². The first-order chi connectivity index (χ1) is 19.5. The van der Waals surface area contributed by atoms with Crippen LogP contribution in [0.25, 0.3) is 0 Å². The molecule has 3 aromatic carbocycles. The third-order valence-corrected chi connectivity index (χ3v) is 8.80. The lowest BCUT2D eigenvalue weighted by atomic mass is 9.99. The van der Waals surface area contributed by atoms with Gasteiger partial charge in [0.05, 0.1) is 35.9 Å². The first-order valence-corrected chi connectivity index (χ1v) is 15.2. The topological polar surface area (TPSA) is 108 Å². The number of hydrogen-bond acceptors (Lipinski definition) is 7. The highest BCUT2D eigenvalue weighted by Crippen LogP contribution is 2.36. The Morgan fingerprint density at radius 1 is 1.15 bits per heavy atom. The average Bonchev–Trinajstić information content (AvgIpc) is 2.95. The van der Waals surface area contributed by atoms with Crippen LogP contribution in [0, 0.1) is 5.92 Å². The number of aliphatic hydroxyl groups is 1. The van der Waals surface area contributed by atoms with Crippen molar-refractivity contribution in [3.05, 3.63) is 82.9 Å². The third-order valence-electron chi connectivity index (χ3n) is 7.16. The first kappa shape index (κ1) is 30.6. The Bertz CT molecular complexity index is 1450. The van der Waals surface area contributed by atoms with Crippen LogP contribution in [0.4, 0.5) is 5.69 Å². The minimum absolute atomic E-state index is 0.0244. The number of methoxy groups -OCH3 is 1. The van der Waals surface area contributed by atoms with E-state index in [1.54, 1.807) is 37.1 Å². The van der Waals surface area contributed by atoms with Crippen LogP contribution < -0.4 is 14.2 Å². The Balaban J connectivity index is 1.68. The fourth-order valence-electron chi connectivity index (χ4n) is 4.77. The highest BCUT2D eigenvalue weighted by Gasteiger charge is 2.35. The molecule has 0 bridgehead atoms. The van der Waals surface area contributed by atoms with E-state index in [2.05, 4.69) is 9.62 Å². The lowest BCUT2D eigenvalue weighted by Crippen LogP contribution is -2.49. The summed E-state index contributed by atoms with van der Waals surface area (Å²) in [5.74, 6) is 0.451. The van der Waals surface area contributed by atoms with Gasteiger partial charge in [0.15, 0.2) is 5.75 Å². The van der Waals surface area contributed by atoms with Crippen LogP contribution >= 0.6 is 11.6 Å². The van der Waals surface area contributed by atoms with Crippen LogP contribution in [0.15, 0.2) is 71.6 Å². The molecule has 0 fully saturated rings. The summed E-state index contributed by atoms with van der Waals surface area (Å²) in [5, 5.41) is 10.3. The van der Waals surface area contributed by atoms with E-state index in [0.29, 0.717) is 24.7 Å². The second kappa shape index (κ2) is 13.1. The Kier molecular flexibility index (Phi) is 9.80. The van der Waals surface area contributed by atoms with Gasteiger partial charge >= 0.3 is 0 Å². The van der Waals surface area contributed by atoms with Crippen LogP contribution in [0.3, 0.4) is 0 Å². The van der Waals surface area contributed by atoms with Gasteiger partial charge in [0.2, 0.25) is 0 Å². The lowest BCUT2D eigenvalue weighted by molar-refractivity contribution is 0.0344. The number of carbonyl (C=O) groups excluding carboxylic acids is 1. The highest BCUT2D eigenvalue weighted by molar-refractivity contribution is 7.92. The molecule has 11 heteroatoms. The molecule has 0 aromatic heterocycles. The SMILES string of the molecule is COc1ccc(CN(C)C[C@@H]2Oc3c(NS(=O)(=O)c4ccc(Cl)cc4)cccc3C(=O)N([C@@H](C)CO)C[C@@H]2C)cc1. The zero-order valence-electron chi connectivity index (χ0n) is 23.6. The number of halogens is 1. The Hall–Kier alpha value is -3.31. The molecule has 0 spiro atoms. The summed E-state index contributed by atoms with van der Waals surface area (Å²) in [6.07, 6.45) is -0.403. The number of amides is 1. The highest BCUT2D eigenvalue weighted by atomic mass is 35.5. The minimum Gasteiger partial charge on any atom is -0.497 e. The summed E-state index contributed by atoms with van der Waals surface area (Å²) < 4.78 is 40.9. The Morgan fingerprint density at radius 3 is 2.46 bits per heavy atom. The fourth-order valence-corrected chi connectivity index (χ4v) is 5.96. The lowest BCUT2D eigenvalue weighted by Gasteiger charge is -2.38. The number of benzene rings is 3. The van der Waals surface area contributed by atoms with Crippen molar-refractivity contribution in [3.63, 3.8) is 0 Å². The van der Waals surface area contributed by atoms with Gasteiger partial charge in [-0.3, -0.25) is 14.4 Å². The Labute approximate surface area is 246 Å². The molecule has 1 aliphatic rings. The standard InChI is InChI=1S/C30H36ClN3O6S/c1-20-16-34(21(2)19-35)30(36)26-6-5-7-27(32-41(37,38)25-14-10-23(31)11-15-25)29(26)40-28(20)18-33(3)17-22-8-12-24(39-4)13-9-22/h5-15,20-21,28,32,35H,16-19H2,1-4H3/t20-,21-,28-/m0/s1. The molecule has 3 atom stereocenters. The molecule has 0 saturated heterocycles. The molecule has 0 unspecified atom stereocenters. The number of rotatable bonds is 10. The molecule has 41 heavy (non-hydrogen) atoms. The molecule has 1 amide bonds. The van der Waals surface area contributed by atoms with E-state index >= 15 is 0 Å². The van der Waals surface area contributed by atoms with Crippen molar-refractivity contribution in [2.45, 2.75) is 37.4 Å². The normalized spacial score (nSPS) is 18.2. The predicted octanol–water partition coefficient (Wildman–Crippen LogP) is 4.50. The number of fused-ring (bicyclic) bond motifs is 1. The number of nitrogens with one attached hydrogen (secondary N) is 1. The van der Waals surface area contributed by atoms with Crippen molar-refractivity contribution in [1.29, 1.82) is 0 Å². The molecule has 0 radical (unpaired) electrons. The molecule has 1 heterocycles. The number of anilines is 1. The first-order valence-electron chi connectivity index (χ1n) is 13.3. The van der Waals surface area contributed by atoms with Crippen molar-refractivity contribution >= 4 is 33.2 Å². The maximum Gasteiger partial charge on any atom is 0.262 e. The summed E-state index contributed by atoms with van der Waals surface area (Å²) in [6, 6.07) is 18.0. The van der Waals surface area contributed by atoms with Crippen LogP contribution in [-0.2, 0) is 16.6 Å². The molecule has 1 aliphatic heterocycles. The van der Waals surface area contributed by atoms with Gasteiger partial charge in [-0.25, -0.2) is 8.42 Å². The van der Waals surface area contributed by atoms with Gasteiger partial charge in [-0.1, -0.05) is 36.7 Å². The third kappa shape index (κ3) is 7.32. The van der Waals surface area contributed by atoms with Gasteiger partial charge in [-0.15, -0.1) is 0 Å². The van der Waals surface area contributed by atoms with E-state index in [4.69, 9.17) is 21.1 Å². The van der Waals surface area contributed by atoms with Gasteiger partial charge in [0, 0.05) is 30.6 Å². The van der Waals surface area contributed by atoms with Gasteiger partial charge < -0.3 is 19.5 Å². The molecule has 9 nitrogen and oxygen atoms in total. The minimum atomic E-state index is -4.01. The molecule has 0 saturated carbocycles. The quantitative estimate of drug-likeness (QED) is 0.352. The summed E-state index contributed by atoms with van der Waals surface area (Å²) in [6.45, 7) is 5.07. The largest absolute Gasteiger partial charge is 0.497 e. The van der Waals surface area contributed by atoms with Gasteiger partial charge in [-0.05, 0) is 68.1 Å². The molecular weight excluding hydrogens is 566 g/mol. The van der Waals surface area contributed by atoms with E-state index in [1.165, 1.54) is 24.3 Å². The number of ether oxygens (including phenoxy) is 2. The average molecular weight is 602 g/mol. The number of sulfonamides is 1. The summed E-state index contributed by atoms with van der Waals surface area (Å²) in [5.41, 5.74) is 1.46. The van der Waals surface area contributed by atoms with Gasteiger partial charge in [0.1, 0.15) is 11.9 Å². The van der Waals surface area contributed by atoms with Gasteiger partial charge in [0.25, 0.3) is 15.9 Å². The Morgan fingerprint density at radius 2 is 1.83 bits per heavy atom. The second-order valence-electron chi connectivity index (χ2n) is 10.4. The van der Waals surface area contributed by atoms with Crippen molar-refractivity contribution in [3.8, 4) is 11.5 Å². The van der Waals surface area contributed by atoms with E-state index in [1.807, 2.05) is 38.2 Å². The number of aliphatic hydroxyl groups excluding tert-OH is 1. The maximum absolute atomic E-state index is 13.7. The fraction of sp³-hybridized carbons (Fsp3) is 0.367.